The minimum atomic E-state index is -0.447. The first-order chi connectivity index (χ1) is 17.4. The van der Waals surface area contributed by atoms with Crippen LogP contribution in [0.2, 0.25) is 0 Å². The number of hydrogen-bond donors (Lipinski definition) is 1. The number of amides is 1. The molecule has 1 aliphatic heterocycles. The normalized spacial score (nSPS) is 15.1. The predicted molar refractivity (Wildman–Crippen MR) is 139 cm³/mol. The van der Waals surface area contributed by atoms with Crippen LogP contribution < -0.4 is 19.5 Å². The number of ether oxygens (including phenoxy) is 3. The van der Waals surface area contributed by atoms with Crippen LogP contribution in [0, 0.1) is 10.1 Å². The summed E-state index contributed by atoms with van der Waals surface area (Å²) in [5, 5.41) is 14.2. The quantitative estimate of drug-likeness (QED) is 0.233. The first-order valence-electron chi connectivity index (χ1n) is 11.0. The van der Waals surface area contributed by atoms with Gasteiger partial charge in [-0.2, -0.15) is 0 Å². The lowest BCUT2D eigenvalue weighted by atomic mass is 10.1. The summed E-state index contributed by atoms with van der Waals surface area (Å²) in [6, 6.07) is 18.8. The van der Waals surface area contributed by atoms with Crippen LogP contribution in [0.3, 0.4) is 0 Å². The molecule has 1 aliphatic rings. The van der Waals surface area contributed by atoms with Gasteiger partial charge in [-0.1, -0.05) is 18.2 Å². The number of benzene rings is 3. The first kappa shape index (κ1) is 24.8. The van der Waals surface area contributed by atoms with Gasteiger partial charge in [0.15, 0.2) is 16.7 Å². The van der Waals surface area contributed by atoms with Crippen LogP contribution in [-0.4, -0.2) is 29.7 Å². The number of aliphatic imine (C=N–C) groups is 1. The van der Waals surface area contributed by atoms with E-state index in [-0.39, 0.29) is 18.2 Å². The highest BCUT2D eigenvalue weighted by atomic mass is 32.2. The van der Waals surface area contributed by atoms with E-state index in [0.717, 1.165) is 11.3 Å². The number of hydrogen-bond acceptors (Lipinski definition) is 8. The Bertz CT molecular complexity index is 1340. The molecule has 9 nitrogen and oxygen atoms in total. The van der Waals surface area contributed by atoms with Crippen molar-refractivity contribution in [3.05, 3.63) is 92.9 Å². The van der Waals surface area contributed by atoms with Gasteiger partial charge in [-0.15, -0.1) is 0 Å². The Morgan fingerprint density at radius 2 is 1.86 bits per heavy atom. The summed E-state index contributed by atoms with van der Waals surface area (Å²) in [6.07, 6.45) is 1.74. The highest BCUT2D eigenvalue weighted by Crippen LogP contribution is 2.33. The molecule has 1 fully saturated rings. The lowest BCUT2D eigenvalue weighted by Gasteiger charge is -2.11. The molecular formula is C26H23N3O6S. The Morgan fingerprint density at radius 3 is 2.58 bits per heavy atom. The van der Waals surface area contributed by atoms with Gasteiger partial charge in [0.25, 0.3) is 11.6 Å². The van der Waals surface area contributed by atoms with Gasteiger partial charge in [0.1, 0.15) is 12.4 Å². The molecule has 0 atom stereocenters. The molecule has 0 spiro atoms. The maximum atomic E-state index is 12.5. The smallest absolute Gasteiger partial charge is 0.269 e. The molecule has 1 heterocycles. The van der Waals surface area contributed by atoms with E-state index in [9.17, 15) is 14.9 Å². The molecule has 0 bridgehead atoms. The van der Waals surface area contributed by atoms with E-state index in [1.54, 1.807) is 36.4 Å². The molecule has 0 unspecified atom stereocenters. The van der Waals surface area contributed by atoms with E-state index in [1.165, 1.54) is 31.0 Å². The summed E-state index contributed by atoms with van der Waals surface area (Å²) < 4.78 is 16.7. The summed E-state index contributed by atoms with van der Waals surface area (Å²) in [5.74, 6) is 1.47. The molecule has 1 amide bonds. The van der Waals surface area contributed by atoms with Crippen LogP contribution in [0.4, 0.5) is 11.4 Å². The van der Waals surface area contributed by atoms with Gasteiger partial charge in [-0.25, -0.2) is 4.99 Å². The Morgan fingerprint density at radius 1 is 1.06 bits per heavy atom. The van der Waals surface area contributed by atoms with Crippen molar-refractivity contribution >= 4 is 40.3 Å². The molecule has 3 aromatic carbocycles. The first-order valence-corrected chi connectivity index (χ1v) is 11.8. The molecule has 0 aliphatic carbocycles. The molecule has 0 aromatic heterocycles. The van der Waals surface area contributed by atoms with Crippen molar-refractivity contribution in [3.63, 3.8) is 0 Å². The second kappa shape index (κ2) is 11.4. The summed E-state index contributed by atoms with van der Waals surface area (Å²) in [5.41, 5.74) is 2.11. The Kier molecular flexibility index (Phi) is 7.86. The molecule has 1 N–H and O–H groups in total. The second-order valence-corrected chi connectivity index (χ2v) is 8.57. The van der Waals surface area contributed by atoms with Crippen molar-refractivity contribution in [2.24, 2.45) is 4.99 Å². The number of carbonyl (C=O) groups is 1. The van der Waals surface area contributed by atoms with E-state index >= 15 is 0 Å². The van der Waals surface area contributed by atoms with E-state index in [1.807, 2.05) is 31.2 Å². The van der Waals surface area contributed by atoms with Crippen molar-refractivity contribution in [2.45, 2.75) is 13.5 Å². The molecule has 184 valence electrons. The summed E-state index contributed by atoms with van der Waals surface area (Å²) in [7, 11) is 1.52. The number of methoxy groups -OCH3 is 1. The van der Waals surface area contributed by atoms with Gasteiger partial charge in [0, 0.05) is 12.1 Å². The molecule has 36 heavy (non-hydrogen) atoms. The number of nitrogens with one attached hydrogen (secondary N) is 1. The number of carbonyl (C=O) groups excluding carboxylic acids is 1. The van der Waals surface area contributed by atoms with Gasteiger partial charge in [0.2, 0.25) is 0 Å². The van der Waals surface area contributed by atoms with E-state index in [0.29, 0.717) is 39.4 Å². The number of nitro benzene ring substituents is 1. The topological polar surface area (TPSA) is 112 Å². The van der Waals surface area contributed by atoms with Crippen LogP contribution in [0.15, 0.2) is 76.6 Å². The standard InChI is InChI=1S/C26H23N3O6S/c1-3-34-21-10-8-19(9-11-21)27-26-28-25(30)24(36-26)15-17-7-12-22(23(14-17)33-2)35-16-18-5-4-6-20(13-18)29(31)32/h4-15H,3,16H2,1-2H3,(H,27,28,30)/b24-15+. The SMILES string of the molecule is CCOc1ccc(N=C2NC(=O)/C(=C\c3ccc(OCc4cccc([N+](=O)[O-])c4)c(OC)c3)S2)cc1. The van der Waals surface area contributed by atoms with Crippen LogP contribution in [0.25, 0.3) is 6.08 Å². The number of nitrogens with zero attached hydrogens (tertiary/aromatic N) is 2. The monoisotopic (exact) mass is 505 g/mol. The number of amidine groups is 1. The van der Waals surface area contributed by atoms with Crippen molar-refractivity contribution in [3.8, 4) is 17.2 Å². The average Bonchev–Trinajstić information content (AvgIpc) is 3.22. The summed E-state index contributed by atoms with van der Waals surface area (Å²) >= 11 is 1.24. The Hall–Kier alpha value is -4.31. The zero-order valence-corrected chi connectivity index (χ0v) is 20.4. The largest absolute Gasteiger partial charge is 0.494 e. The van der Waals surface area contributed by atoms with Crippen molar-refractivity contribution in [1.29, 1.82) is 0 Å². The maximum Gasteiger partial charge on any atom is 0.269 e. The Balaban J connectivity index is 1.45. The molecule has 0 radical (unpaired) electrons. The summed E-state index contributed by atoms with van der Waals surface area (Å²) in [4.78, 5) is 28.0. The fraction of sp³-hybridized carbons (Fsp3) is 0.154. The van der Waals surface area contributed by atoms with Crippen molar-refractivity contribution in [1.82, 2.24) is 5.32 Å². The zero-order valence-electron chi connectivity index (χ0n) is 19.6. The highest BCUT2D eigenvalue weighted by Gasteiger charge is 2.24. The van der Waals surface area contributed by atoms with E-state index in [4.69, 9.17) is 14.2 Å². The molecule has 10 heteroatoms. The summed E-state index contributed by atoms with van der Waals surface area (Å²) in [6.45, 7) is 2.65. The number of nitro groups is 1. The van der Waals surface area contributed by atoms with Gasteiger partial charge >= 0.3 is 0 Å². The zero-order chi connectivity index (χ0) is 25.5. The van der Waals surface area contributed by atoms with Crippen molar-refractivity contribution in [2.75, 3.05) is 13.7 Å². The molecule has 4 rings (SSSR count). The minimum absolute atomic E-state index is 0.00260. The van der Waals surface area contributed by atoms with Crippen LogP contribution >= 0.6 is 11.8 Å². The maximum absolute atomic E-state index is 12.5. The molecule has 3 aromatic rings. The highest BCUT2D eigenvalue weighted by molar-refractivity contribution is 8.18. The lowest BCUT2D eigenvalue weighted by molar-refractivity contribution is -0.384. The third-order valence-electron chi connectivity index (χ3n) is 5.03. The number of thioether (sulfide) groups is 1. The molecule has 1 saturated heterocycles. The lowest BCUT2D eigenvalue weighted by Crippen LogP contribution is -2.19. The van der Waals surface area contributed by atoms with E-state index < -0.39 is 4.92 Å². The predicted octanol–water partition coefficient (Wildman–Crippen LogP) is 5.47. The van der Waals surface area contributed by atoms with Crippen LogP contribution in [0.5, 0.6) is 17.2 Å². The molecular weight excluding hydrogens is 482 g/mol. The van der Waals surface area contributed by atoms with Crippen LogP contribution in [-0.2, 0) is 11.4 Å². The van der Waals surface area contributed by atoms with Gasteiger partial charge < -0.3 is 19.5 Å². The number of rotatable bonds is 9. The van der Waals surface area contributed by atoms with Crippen LogP contribution in [0.1, 0.15) is 18.1 Å². The fourth-order valence-electron chi connectivity index (χ4n) is 3.35. The number of non-ortho nitro benzene ring substituents is 1. The van der Waals surface area contributed by atoms with Gasteiger partial charge in [-0.3, -0.25) is 14.9 Å². The van der Waals surface area contributed by atoms with Crippen molar-refractivity contribution < 1.29 is 23.9 Å². The minimum Gasteiger partial charge on any atom is -0.494 e. The third kappa shape index (κ3) is 6.22. The fourth-order valence-corrected chi connectivity index (χ4v) is 4.19. The van der Waals surface area contributed by atoms with Gasteiger partial charge in [0.05, 0.1) is 29.2 Å². The average molecular weight is 506 g/mol. The second-order valence-electron chi connectivity index (χ2n) is 7.53. The molecule has 0 saturated carbocycles. The van der Waals surface area contributed by atoms with Gasteiger partial charge in [-0.05, 0) is 72.3 Å². The van der Waals surface area contributed by atoms with E-state index in [2.05, 4.69) is 10.3 Å². The Labute approximate surface area is 211 Å². The third-order valence-corrected chi connectivity index (χ3v) is 5.94.